The summed E-state index contributed by atoms with van der Waals surface area (Å²) in [6.45, 7) is 6.99. The van der Waals surface area contributed by atoms with Crippen molar-refractivity contribution in [1.29, 1.82) is 0 Å². The number of benzene rings is 3. The average Bonchev–Trinajstić information content (AvgIpc) is 3.44. The Hall–Kier alpha value is -3.99. The highest BCUT2D eigenvalue weighted by Gasteiger charge is 2.28. The quantitative estimate of drug-likeness (QED) is 0.152. The first-order chi connectivity index (χ1) is 22.0. The van der Waals surface area contributed by atoms with Crippen molar-refractivity contribution in [3.8, 4) is 10.4 Å². The molecule has 0 spiro atoms. The van der Waals surface area contributed by atoms with Gasteiger partial charge in [0.05, 0.1) is 22.7 Å². The summed E-state index contributed by atoms with van der Waals surface area (Å²) in [5, 5.41) is 6.32. The molecule has 0 radical (unpaired) electrons. The maximum Gasteiger partial charge on any atom is 0.226 e. The molecule has 5 rings (SSSR count). The van der Waals surface area contributed by atoms with Crippen molar-refractivity contribution in [2.75, 3.05) is 12.4 Å². The number of carbonyl (C=O) groups excluding carboxylic acids is 1. The smallest absolute Gasteiger partial charge is 0.226 e. The minimum absolute atomic E-state index is 0.0890. The van der Waals surface area contributed by atoms with Crippen LogP contribution >= 0.6 is 11.3 Å². The van der Waals surface area contributed by atoms with Crippen LogP contribution in [0.1, 0.15) is 50.4 Å². The molecule has 2 atom stereocenters. The lowest BCUT2D eigenvalue weighted by molar-refractivity contribution is -0.118. The topological polar surface area (TPSA) is 80.2 Å². The SMILES string of the molecule is CNC(Cc1ccccc1)c1c(-c2ccc(NC(=O)C(C)C)cc2)sc2c1c(=O)c(S(=O)C(C)C)cn2Cc1c(F)cccc1F. The number of likely N-dealkylation sites (N-methyl/N-ethyl adjacent to an activating group) is 1. The van der Waals surface area contributed by atoms with Gasteiger partial charge in [-0.15, -0.1) is 11.3 Å². The Kier molecular flexibility index (Phi) is 10.3. The number of anilines is 1. The van der Waals surface area contributed by atoms with Gasteiger partial charge in [0, 0.05) is 45.1 Å². The van der Waals surface area contributed by atoms with E-state index in [1.54, 1.807) is 18.4 Å². The molecule has 1 amide bonds. The molecule has 3 aromatic carbocycles. The van der Waals surface area contributed by atoms with Crippen LogP contribution in [0.15, 0.2) is 88.7 Å². The van der Waals surface area contributed by atoms with Crippen molar-refractivity contribution in [2.45, 2.75) is 56.8 Å². The second-order valence-electron chi connectivity index (χ2n) is 11.8. The standard InChI is InChI=1S/C36H37F2N3O3S2/c1-21(2)35(43)40-25-16-14-24(15-17-25)34-31(29(39-5)18-23-10-7-6-8-11-23)32-33(42)30(46(44)22(3)4)20-41(36(32)45-34)19-26-27(37)12-9-13-28(26)38/h6-17,20-22,29,39H,18-19H2,1-5H3,(H,40,43). The van der Waals surface area contributed by atoms with Gasteiger partial charge in [0.1, 0.15) is 21.4 Å². The molecule has 2 heterocycles. The largest absolute Gasteiger partial charge is 0.333 e. The molecular formula is C36H37F2N3O3S2. The third-order valence-corrected chi connectivity index (χ3v) is 10.7. The molecule has 0 bridgehead atoms. The fourth-order valence-electron chi connectivity index (χ4n) is 5.34. The number of amides is 1. The van der Waals surface area contributed by atoms with E-state index < -0.39 is 22.4 Å². The maximum atomic E-state index is 14.9. The van der Waals surface area contributed by atoms with Crippen molar-refractivity contribution >= 4 is 43.9 Å². The van der Waals surface area contributed by atoms with Crippen molar-refractivity contribution in [3.05, 3.63) is 118 Å². The Balaban J connectivity index is 1.79. The summed E-state index contributed by atoms with van der Waals surface area (Å²) in [5.74, 6) is -1.69. The van der Waals surface area contributed by atoms with Crippen LogP contribution in [0.3, 0.4) is 0 Å². The molecule has 0 saturated heterocycles. The number of hydrogen-bond donors (Lipinski definition) is 2. The highest BCUT2D eigenvalue weighted by Crippen LogP contribution is 2.42. The van der Waals surface area contributed by atoms with Crippen molar-refractivity contribution in [2.24, 2.45) is 5.92 Å². The van der Waals surface area contributed by atoms with E-state index in [-0.39, 0.29) is 45.5 Å². The zero-order chi connectivity index (χ0) is 33.1. The Bertz CT molecular complexity index is 1930. The molecule has 0 fully saturated rings. The van der Waals surface area contributed by atoms with Gasteiger partial charge in [0.2, 0.25) is 11.3 Å². The number of rotatable bonds is 11. The van der Waals surface area contributed by atoms with Crippen LogP contribution < -0.4 is 16.1 Å². The Labute approximate surface area is 273 Å². The Morgan fingerprint density at radius 2 is 1.59 bits per heavy atom. The first-order valence-electron chi connectivity index (χ1n) is 15.2. The second kappa shape index (κ2) is 14.2. The predicted molar refractivity (Wildman–Crippen MR) is 184 cm³/mol. The van der Waals surface area contributed by atoms with E-state index in [2.05, 4.69) is 10.6 Å². The fraction of sp³-hybridized carbons (Fsp3) is 0.278. The van der Waals surface area contributed by atoms with Gasteiger partial charge in [0.15, 0.2) is 0 Å². The molecule has 2 aromatic heterocycles. The van der Waals surface area contributed by atoms with Crippen LogP contribution in [0.4, 0.5) is 14.5 Å². The third kappa shape index (κ3) is 6.89. The van der Waals surface area contributed by atoms with Gasteiger partial charge in [-0.1, -0.05) is 76.2 Å². The fourth-order valence-corrected chi connectivity index (χ4v) is 7.70. The number of pyridine rings is 1. The van der Waals surface area contributed by atoms with Crippen LogP contribution in [0.25, 0.3) is 20.7 Å². The van der Waals surface area contributed by atoms with E-state index in [4.69, 9.17) is 0 Å². The molecule has 240 valence electrons. The van der Waals surface area contributed by atoms with E-state index >= 15 is 0 Å². The highest BCUT2D eigenvalue weighted by atomic mass is 32.2. The molecule has 2 unspecified atom stereocenters. The lowest BCUT2D eigenvalue weighted by Gasteiger charge is -2.19. The maximum absolute atomic E-state index is 14.9. The number of hydrogen-bond acceptors (Lipinski definition) is 5. The number of fused-ring (bicyclic) bond motifs is 1. The van der Waals surface area contributed by atoms with Crippen molar-refractivity contribution < 1.29 is 17.8 Å². The number of aromatic nitrogens is 1. The van der Waals surface area contributed by atoms with Crippen LogP contribution in [-0.4, -0.2) is 27.0 Å². The Morgan fingerprint density at radius 1 is 0.935 bits per heavy atom. The lowest BCUT2D eigenvalue weighted by Crippen LogP contribution is -2.24. The summed E-state index contributed by atoms with van der Waals surface area (Å²) in [5.41, 5.74) is 2.71. The summed E-state index contributed by atoms with van der Waals surface area (Å²) in [4.78, 5) is 28.1. The summed E-state index contributed by atoms with van der Waals surface area (Å²) in [6, 6.07) is 20.7. The predicted octanol–water partition coefficient (Wildman–Crippen LogP) is 7.67. The average molecular weight is 662 g/mol. The molecule has 2 N–H and O–H groups in total. The third-order valence-electron chi connectivity index (χ3n) is 7.86. The van der Waals surface area contributed by atoms with Crippen LogP contribution in [0, 0.1) is 17.6 Å². The highest BCUT2D eigenvalue weighted by molar-refractivity contribution is 7.85. The normalized spacial score (nSPS) is 13.0. The first-order valence-corrected chi connectivity index (χ1v) is 17.2. The minimum Gasteiger partial charge on any atom is -0.333 e. The first kappa shape index (κ1) is 33.4. The molecular weight excluding hydrogens is 625 g/mol. The summed E-state index contributed by atoms with van der Waals surface area (Å²) < 4.78 is 45.1. The number of halogens is 2. The van der Waals surface area contributed by atoms with Crippen LogP contribution in [0.5, 0.6) is 0 Å². The van der Waals surface area contributed by atoms with E-state index in [9.17, 15) is 22.6 Å². The minimum atomic E-state index is -1.67. The van der Waals surface area contributed by atoms with Crippen molar-refractivity contribution in [1.82, 2.24) is 9.88 Å². The van der Waals surface area contributed by atoms with E-state index in [0.717, 1.165) is 21.6 Å². The molecule has 10 heteroatoms. The second-order valence-corrected chi connectivity index (χ2v) is 14.8. The molecule has 5 aromatic rings. The number of nitrogens with zero attached hydrogens (tertiary/aromatic N) is 1. The van der Waals surface area contributed by atoms with E-state index in [1.165, 1.54) is 35.7 Å². The van der Waals surface area contributed by atoms with Gasteiger partial charge in [-0.25, -0.2) is 8.78 Å². The van der Waals surface area contributed by atoms with Gasteiger partial charge < -0.3 is 15.2 Å². The lowest BCUT2D eigenvalue weighted by atomic mass is 9.94. The molecule has 0 aliphatic rings. The summed E-state index contributed by atoms with van der Waals surface area (Å²) >= 11 is 1.35. The molecule has 6 nitrogen and oxygen atoms in total. The number of carbonyl (C=O) groups is 1. The van der Waals surface area contributed by atoms with E-state index in [1.807, 2.05) is 75.5 Å². The monoisotopic (exact) mass is 661 g/mol. The van der Waals surface area contributed by atoms with Gasteiger partial charge in [-0.3, -0.25) is 13.8 Å². The van der Waals surface area contributed by atoms with Gasteiger partial charge in [-0.05, 0) is 48.9 Å². The molecule has 0 aliphatic heterocycles. The van der Waals surface area contributed by atoms with Crippen LogP contribution in [-0.2, 0) is 28.6 Å². The van der Waals surface area contributed by atoms with E-state index in [0.29, 0.717) is 22.3 Å². The molecule has 46 heavy (non-hydrogen) atoms. The van der Waals surface area contributed by atoms with Gasteiger partial charge in [0.25, 0.3) is 0 Å². The summed E-state index contributed by atoms with van der Waals surface area (Å²) in [7, 11) is 0.160. The van der Waals surface area contributed by atoms with Crippen molar-refractivity contribution in [3.63, 3.8) is 0 Å². The zero-order valence-corrected chi connectivity index (χ0v) is 28.0. The van der Waals surface area contributed by atoms with Gasteiger partial charge >= 0.3 is 0 Å². The zero-order valence-electron chi connectivity index (χ0n) is 26.4. The Morgan fingerprint density at radius 3 is 2.17 bits per heavy atom. The number of nitrogens with one attached hydrogen (secondary N) is 2. The molecule has 0 saturated carbocycles. The number of thiophene rings is 1. The van der Waals surface area contributed by atoms with Gasteiger partial charge in [-0.2, -0.15) is 0 Å². The molecule has 0 aliphatic carbocycles. The summed E-state index contributed by atoms with van der Waals surface area (Å²) in [6.07, 6.45) is 2.05. The van der Waals surface area contributed by atoms with Crippen LogP contribution in [0.2, 0.25) is 0 Å².